The molecular formula is C19H27N3O3. The maximum atomic E-state index is 12.2. The molecule has 1 fully saturated rings. The van der Waals surface area contributed by atoms with E-state index in [9.17, 15) is 14.9 Å². The van der Waals surface area contributed by atoms with Crippen LogP contribution in [0.1, 0.15) is 39.7 Å². The number of carbonyl (C=O) groups is 1. The van der Waals surface area contributed by atoms with Gasteiger partial charge in [0, 0.05) is 49.8 Å². The van der Waals surface area contributed by atoms with Crippen molar-refractivity contribution in [3.8, 4) is 0 Å². The van der Waals surface area contributed by atoms with Gasteiger partial charge in [0.15, 0.2) is 0 Å². The average molecular weight is 345 g/mol. The maximum Gasteiger partial charge on any atom is 0.269 e. The van der Waals surface area contributed by atoms with Crippen LogP contribution in [0.2, 0.25) is 0 Å². The molecule has 0 saturated carbocycles. The smallest absolute Gasteiger partial charge is 0.269 e. The molecule has 1 heterocycles. The van der Waals surface area contributed by atoms with Crippen molar-refractivity contribution in [1.82, 2.24) is 9.80 Å². The lowest BCUT2D eigenvalue weighted by molar-refractivity contribution is -0.384. The minimum atomic E-state index is -0.394. The van der Waals surface area contributed by atoms with Gasteiger partial charge in [0.1, 0.15) is 0 Å². The van der Waals surface area contributed by atoms with E-state index in [0.717, 1.165) is 18.7 Å². The summed E-state index contributed by atoms with van der Waals surface area (Å²) >= 11 is 0. The molecule has 1 aliphatic heterocycles. The Morgan fingerprint density at radius 3 is 2.44 bits per heavy atom. The zero-order valence-electron chi connectivity index (χ0n) is 15.4. The molecule has 6 nitrogen and oxygen atoms in total. The molecule has 1 amide bonds. The summed E-state index contributed by atoms with van der Waals surface area (Å²) in [5, 5.41) is 10.7. The van der Waals surface area contributed by atoms with Gasteiger partial charge in [0.25, 0.3) is 5.69 Å². The van der Waals surface area contributed by atoms with Crippen molar-refractivity contribution in [2.45, 2.75) is 52.2 Å². The number of non-ortho nitro benzene ring substituents is 1. The van der Waals surface area contributed by atoms with Crippen LogP contribution in [0.25, 0.3) is 6.08 Å². The van der Waals surface area contributed by atoms with Gasteiger partial charge in [-0.3, -0.25) is 19.8 Å². The summed E-state index contributed by atoms with van der Waals surface area (Å²) in [6, 6.07) is 7.20. The SMILES string of the molecule is CCC(=O)N1C(C)CN(C/C=C/c2ccc([N+](=O)[O-])cc2)C(C)C1C. The number of benzene rings is 1. The second-order valence-corrected chi connectivity index (χ2v) is 6.69. The summed E-state index contributed by atoms with van der Waals surface area (Å²) in [4.78, 5) is 26.8. The van der Waals surface area contributed by atoms with E-state index in [1.54, 1.807) is 12.1 Å². The predicted octanol–water partition coefficient (Wildman–Crippen LogP) is 3.33. The van der Waals surface area contributed by atoms with Crippen molar-refractivity contribution in [3.63, 3.8) is 0 Å². The van der Waals surface area contributed by atoms with E-state index in [2.05, 4.69) is 31.7 Å². The summed E-state index contributed by atoms with van der Waals surface area (Å²) in [5.74, 6) is 0.216. The predicted molar refractivity (Wildman–Crippen MR) is 99.2 cm³/mol. The van der Waals surface area contributed by atoms with Crippen LogP contribution in [0.5, 0.6) is 0 Å². The fourth-order valence-corrected chi connectivity index (χ4v) is 3.46. The number of amides is 1. The van der Waals surface area contributed by atoms with Gasteiger partial charge in [-0.25, -0.2) is 0 Å². The van der Waals surface area contributed by atoms with E-state index in [4.69, 9.17) is 0 Å². The molecule has 0 aromatic heterocycles. The van der Waals surface area contributed by atoms with Crippen molar-refractivity contribution in [3.05, 3.63) is 46.0 Å². The zero-order chi connectivity index (χ0) is 18.6. The van der Waals surface area contributed by atoms with Gasteiger partial charge in [-0.15, -0.1) is 0 Å². The van der Waals surface area contributed by atoms with Gasteiger partial charge in [-0.05, 0) is 38.5 Å². The summed E-state index contributed by atoms with van der Waals surface area (Å²) in [7, 11) is 0. The van der Waals surface area contributed by atoms with Gasteiger partial charge < -0.3 is 4.90 Å². The molecule has 6 heteroatoms. The van der Waals surface area contributed by atoms with Gasteiger partial charge in [0.2, 0.25) is 5.91 Å². The Bertz CT molecular complexity index is 642. The fourth-order valence-electron chi connectivity index (χ4n) is 3.46. The minimum Gasteiger partial charge on any atom is -0.334 e. The lowest BCUT2D eigenvalue weighted by atomic mass is 9.99. The van der Waals surface area contributed by atoms with Crippen molar-refractivity contribution in [2.24, 2.45) is 0 Å². The molecule has 0 aliphatic carbocycles. The Kier molecular flexibility index (Phi) is 6.31. The van der Waals surface area contributed by atoms with Crippen LogP contribution < -0.4 is 0 Å². The second kappa shape index (κ2) is 8.25. The van der Waals surface area contributed by atoms with Crippen molar-refractivity contribution >= 4 is 17.7 Å². The first-order valence-electron chi connectivity index (χ1n) is 8.81. The number of carbonyl (C=O) groups excluding carboxylic acids is 1. The molecule has 2 rings (SSSR count). The standard InChI is InChI=1S/C19H27N3O3/c1-5-19(23)21-14(2)13-20(15(3)16(21)4)12-6-7-17-8-10-18(11-9-17)22(24)25/h6-11,14-16H,5,12-13H2,1-4H3/b7-6+. The molecule has 0 spiro atoms. The molecule has 1 aromatic rings. The fraction of sp³-hybridized carbons (Fsp3) is 0.526. The quantitative estimate of drug-likeness (QED) is 0.606. The molecule has 0 radical (unpaired) electrons. The molecule has 0 bridgehead atoms. The summed E-state index contributed by atoms with van der Waals surface area (Å²) in [5.41, 5.74) is 1.05. The Hall–Kier alpha value is -2.21. The van der Waals surface area contributed by atoms with E-state index in [1.165, 1.54) is 12.1 Å². The van der Waals surface area contributed by atoms with E-state index < -0.39 is 4.92 Å². The molecule has 0 N–H and O–H groups in total. The van der Waals surface area contributed by atoms with Crippen LogP contribution in [-0.2, 0) is 4.79 Å². The van der Waals surface area contributed by atoms with Gasteiger partial charge in [0.05, 0.1) is 4.92 Å². The molecule has 1 aliphatic rings. The number of hydrogen-bond donors (Lipinski definition) is 0. The topological polar surface area (TPSA) is 66.7 Å². The van der Waals surface area contributed by atoms with Crippen LogP contribution >= 0.6 is 0 Å². The van der Waals surface area contributed by atoms with E-state index >= 15 is 0 Å². The number of rotatable bonds is 5. The highest BCUT2D eigenvalue weighted by molar-refractivity contribution is 5.76. The largest absolute Gasteiger partial charge is 0.334 e. The van der Waals surface area contributed by atoms with Crippen LogP contribution in [0, 0.1) is 10.1 Å². The Labute approximate surface area is 149 Å². The summed E-state index contributed by atoms with van der Waals surface area (Å²) < 4.78 is 0. The summed E-state index contributed by atoms with van der Waals surface area (Å²) in [6.45, 7) is 9.92. The number of nitro groups is 1. The first-order valence-corrected chi connectivity index (χ1v) is 8.81. The van der Waals surface area contributed by atoms with Crippen LogP contribution in [0.15, 0.2) is 30.3 Å². The highest BCUT2D eigenvalue weighted by Gasteiger charge is 2.36. The second-order valence-electron chi connectivity index (χ2n) is 6.69. The lowest BCUT2D eigenvalue weighted by Crippen LogP contribution is -2.62. The Morgan fingerprint density at radius 2 is 1.88 bits per heavy atom. The molecular weight excluding hydrogens is 318 g/mol. The third-order valence-electron chi connectivity index (χ3n) is 5.03. The van der Waals surface area contributed by atoms with Crippen molar-refractivity contribution in [2.75, 3.05) is 13.1 Å². The van der Waals surface area contributed by atoms with Crippen LogP contribution in [0.3, 0.4) is 0 Å². The first kappa shape index (κ1) is 19.1. The molecule has 3 unspecified atom stereocenters. The van der Waals surface area contributed by atoms with Gasteiger partial charge in [-0.1, -0.05) is 19.1 Å². The third kappa shape index (κ3) is 4.45. The van der Waals surface area contributed by atoms with Crippen molar-refractivity contribution < 1.29 is 9.72 Å². The molecule has 1 saturated heterocycles. The van der Waals surface area contributed by atoms with E-state index in [-0.39, 0.29) is 29.7 Å². The number of nitro benzene ring substituents is 1. The maximum absolute atomic E-state index is 12.2. The summed E-state index contributed by atoms with van der Waals surface area (Å²) in [6.07, 6.45) is 4.60. The first-order chi connectivity index (χ1) is 11.8. The highest BCUT2D eigenvalue weighted by Crippen LogP contribution is 2.22. The third-order valence-corrected chi connectivity index (χ3v) is 5.03. The van der Waals surface area contributed by atoms with Gasteiger partial charge in [-0.2, -0.15) is 0 Å². The molecule has 3 atom stereocenters. The molecule has 1 aromatic carbocycles. The normalized spacial score (nSPS) is 24.6. The number of piperazine rings is 1. The Morgan fingerprint density at radius 1 is 1.24 bits per heavy atom. The number of hydrogen-bond acceptors (Lipinski definition) is 4. The molecule has 25 heavy (non-hydrogen) atoms. The lowest BCUT2D eigenvalue weighted by Gasteiger charge is -2.48. The monoisotopic (exact) mass is 345 g/mol. The zero-order valence-corrected chi connectivity index (χ0v) is 15.4. The van der Waals surface area contributed by atoms with Gasteiger partial charge >= 0.3 is 0 Å². The average Bonchev–Trinajstić information content (AvgIpc) is 2.59. The minimum absolute atomic E-state index is 0.102. The highest BCUT2D eigenvalue weighted by atomic mass is 16.6. The van der Waals surface area contributed by atoms with Crippen molar-refractivity contribution in [1.29, 1.82) is 0 Å². The van der Waals surface area contributed by atoms with Crippen LogP contribution in [0.4, 0.5) is 5.69 Å². The number of nitrogens with zero attached hydrogens (tertiary/aromatic N) is 3. The Balaban J connectivity index is 1.98. The van der Waals surface area contributed by atoms with Crippen LogP contribution in [-0.4, -0.2) is 51.8 Å². The van der Waals surface area contributed by atoms with E-state index in [1.807, 2.05) is 17.9 Å². The molecule has 136 valence electrons. The van der Waals surface area contributed by atoms with E-state index in [0.29, 0.717) is 6.42 Å².